The van der Waals surface area contributed by atoms with Crippen LogP contribution in [0.15, 0.2) is 134 Å². The summed E-state index contributed by atoms with van der Waals surface area (Å²) in [5, 5.41) is 4.68. The maximum Gasteiger partial charge on any atom is 0.125 e. The monoisotopic (exact) mass is 562 g/mol. The van der Waals surface area contributed by atoms with Crippen LogP contribution in [-0.4, -0.2) is 14.5 Å². The molecule has 204 valence electrons. The minimum absolute atomic E-state index is 0.677. The van der Waals surface area contributed by atoms with Gasteiger partial charge in [-0.1, -0.05) is 96.6 Å². The summed E-state index contributed by atoms with van der Waals surface area (Å²) in [6.45, 7) is 3.58. The third kappa shape index (κ3) is 5.47. The second kappa shape index (κ2) is 11.5. The standard InChI is InChI=1S/C37H30N4S/c1-26-8-7-11-30(20-26)28-16-14-27(15-17-28)24-41-25-38-22-32(41)23-39-31-18-19-33(34(21-31)29-9-3-2-4-10-29)37-40-35-12-5-6-13-36(35)42-37/h2-22,25,39H,23-24H2,1H3. The minimum atomic E-state index is 0.677. The van der Waals surface area contributed by atoms with Crippen LogP contribution < -0.4 is 5.32 Å². The van der Waals surface area contributed by atoms with Crippen molar-refractivity contribution in [2.24, 2.45) is 0 Å². The van der Waals surface area contributed by atoms with Gasteiger partial charge < -0.3 is 9.88 Å². The Kier molecular flexibility index (Phi) is 7.08. The number of nitrogens with zero attached hydrogens (tertiary/aromatic N) is 3. The SMILES string of the molecule is Cc1cccc(-c2ccc(Cn3cncc3CNc3ccc(-c4nc5ccccc5s4)c(-c4ccccc4)c3)cc2)c1. The number of hydrogen-bond acceptors (Lipinski definition) is 4. The highest BCUT2D eigenvalue weighted by molar-refractivity contribution is 7.21. The molecule has 0 saturated carbocycles. The largest absolute Gasteiger partial charge is 0.379 e. The number of thiazole rings is 1. The summed E-state index contributed by atoms with van der Waals surface area (Å²) in [4.78, 5) is 9.41. The second-order valence-corrected chi connectivity index (χ2v) is 11.6. The summed E-state index contributed by atoms with van der Waals surface area (Å²) in [6.07, 6.45) is 3.86. The Bertz CT molecular complexity index is 1940. The molecule has 0 aliphatic carbocycles. The number of para-hydroxylation sites is 1. The van der Waals surface area contributed by atoms with Crippen molar-refractivity contribution >= 4 is 27.2 Å². The second-order valence-electron chi connectivity index (χ2n) is 10.5. The van der Waals surface area contributed by atoms with Gasteiger partial charge in [0.05, 0.1) is 28.8 Å². The summed E-state index contributed by atoms with van der Waals surface area (Å²) >= 11 is 1.74. The van der Waals surface area contributed by atoms with Crippen LogP contribution in [0.4, 0.5) is 5.69 Å². The van der Waals surface area contributed by atoms with E-state index < -0.39 is 0 Å². The van der Waals surface area contributed by atoms with E-state index in [9.17, 15) is 0 Å². The molecule has 4 nitrogen and oxygen atoms in total. The summed E-state index contributed by atoms with van der Waals surface area (Å²) in [5.41, 5.74) is 11.7. The Morgan fingerprint density at radius 1 is 0.714 bits per heavy atom. The fourth-order valence-corrected chi connectivity index (χ4v) is 6.34. The highest BCUT2D eigenvalue weighted by Crippen LogP contribution is 2.38. The number of anilines is 1. The summed E-state index contributed by atoms with van der Waals surface area (Å²) in [6, 6.07) is 42.9. The average molecular weight is 563 g/mol. The van der Waals surface area contributed by atoms with E-state index >= 15 is 0 Å². The lowest BCUT2D eigenvalue weighted by Gasteiger charge is -2.14. The van der Waals surface area contributed by atoms with Crippen molar-refractivity contribution in [3.8, 4) is 32.8 Å². The Balaban J connectivity index is 1.11. The molecule has 5 heteroatoms. The van der Waals surface area contributed by atoms with Crippen LogP contribution in [0.3, 0.4) is 0 Å². The first-order valence-corrected chi connectivity index (χ1v) is 15.0. The molecule has 0 bridgehead atoms. The molecule has 7 aromatic rings. The molecule has 1 N–H and O–H groups in total. The molecule has 0 amide bonds. The molecule has 0 aliphatic rings. The van der Waals surface area contributed by atoms with E-state index in [1.807, 2.05) is 18.6 Å². The first-order valence-electron chi connectivity index (χ1n) is 14.1. The molecule has 7 rings (SSSR count). The Labute approximate surface area is 250 Å². The van der Waals surface area contributed by atoms with Gasteiger partial charge in [0.2, 0.25) is 0 Å². The molecule has 0 atom stereocenters. The van der Waals surface area contributed by atoms with Crippen LogP contribution in [0.5, 0.6) is 0 Å². The molecule has 5 aromatic carbocycles. The molecular formula is C37H30N4S. The molecule has 0 fully saturated rings. The maximum atomic E-state index is 4.95. The first kappa shape index (κ1) is 25.9. The van der Waals surface area contributed by atoms with Crippen LogP contribution in [0.25, 0.3) is 43.0 Å². The van der Waals surface area contributed by atoms with E-state index in [2.05, 4.69) is 137 Å². The highest BCUT2D eigenvalue weighted by Gasteiger charge is 2.13. The van der Waals surface area contributed by atoms with Crippen LogP contribution in [0.1, 0.15) is 16.8 Å². The molecule has 0 radical (unpaired) electrons. The molecular weight excluding hydrogens is 533 g/mol. The van der Waals surface area contributed by atoms with Crippen molar-refractivity contribution in [2.75, 3.05) is 5.32 Å². The van der Waals surface area contributed by atoms with Gasteiger partial charge in [0.25, 0.3) is 0 Å². The summed E-state index contributed by atoms with van der Waals surface area (Å²) in [5.74, 6) is 0. The van der Waals surface area contributed by atoms with E-state index in [0.29, 0.717) is 6.54 Å². The van der Waals surface area contributed by atoms with E-state index in [0.717, 1.165) is 34.0 Å². The molecule has 0 spiro atoms. The lowest BCUT2D eigenvalue weighted by atomic mass is 9.99. The Morgan fingerprint density at radius 3 is 2.36 bits per heavy atom. The third-order valence-corrected chi connectivity index (χ3v) is 8.63. The molecule has 2 aromatic heterocycles. The van der Waals surface area contributed by atoms with Crippen LogP contribution in [0, 0.1) is 6.92 Å². The van der Waals surface area contributed by atoms with Gasteiger partial charge >= 0.3 is 0 Å². The van der Waals surface area contributed by atoms with E-state index in [4.69, 9.17) is 4.98 Å². The van der Waals surface area contributed by atoms with Crippen LogP contribution >= 0.6 is 11.3 Å². The van der Waals surface area contributed by atoms with Crippen molar-refractivity contribution < 1.29 is 0 Å². The van der Waals surface area contributed by atoms with Crippen LogP contribution in [0.2, 0.25) is 0 Å². The lowest BCUT2D eigenvalue weighted by molar-refractivity contribution is 0.749. The van der Waals surface area contributed by atoms with Gasteiger partial charge in [0, 0.05) is 24.0 Å². The van der Waals surface area contributed by atoms with Gasteiger partial charge in [-0.15, -0.1) is 11.3 Å². The van der Waals surface area contributed by atoms with Gasteiger partial charge in [-0.05, 0) is 65.1 Å². The zero-order valence-electron chi connectivity index (χ0n) is 23.4. The lowest BCUT2D eigenvalue weighted by Crippen LogP contribution is -2.08. The zero-order valence-corrected chi connectivity index (χ0v) is 24.2. The van der Waals surface area contributed by atoms with Crippen molar-refractivity contribution in [3.05, 3.63) is 151 Å². The van der Waals surface area contributed by atoms with Gasteiger partial charge in [-0.2, -0.15) is 0 Å². The van der Waals surface area contributed by atoms with Crippen molar-refractivity contribution in [1.29, 1.82) is 0 Å². The summed E-state index contributed by atoms with van der Waals surface area (Å²) < 4.78 is 3.41. The Morgan fingerprint density at radius 2 is 1.52 bits per heavy atom. The number of rotatable bonds is 8. The number of nitrogens with one attached hydrogen (secondary N) is 1. The van der Waals surface area contributed by atoms with E-state index in [1.165, 1.54) is 38.1 Å². The summed E-state index contributed by atoms with van der Waals surface area (Å²) in [7, 11) is 0. The number of aryl methyl sites for hydroxylation is 1. The normalized spacial score (nSPS) is 11.2. The molecule has 0 aliphatic heterocycles. The molecule has 2 heterocycles. The van der Waals surface area contributed by atoms with Crippen molar-refractivity contribution in [3.63, 3.8) is 0 Å². The zero-order chi connectivity index (χ0) is 28.3. The first-order chi connectivity index (χ1) is 20.7. The third-order valence-electron chi connectivity index (χ3n) is 7.56. The van der Waals surface area contributed by atoms with Gasteiger partial charge in [-0.25, -0.2) is 9.97 Å². The number of hydrogen-bond donors (Lipinski definition) is 1. The number of aromatic nitrogens is 3. The number of imidazole rings is 1. The Hall–Kier alpha value is -5.00. The molecule has 42 heavy (non-hydrogen) atoms. The quantitative estimate of drug-likeness (QED) is 0.201. The minimum Gasteiger partial charge on any atom is -0.379 e. The van der Waals surface area contributed by atoms with Crippen molar-refractivity contribution in [2.45, 2.75) is 20.0 Å². The van der Waals surface area contributed by atoms with Gasteiger partial charge in [0.1, 0.15) is 5.01 Å². The van der Waals surface area contributed by atoms with E-state index in [-0.39, 0.29) is 0 Å². The fourth-order valence-electron chi connectivity index (χ4n) is 5.34. The smallest absolute Gasteiger partial charge is 0.125 e. The van der Waals surface area contributed by atoms with Crippen molar-refractivity contribution in [1.82, 2.24) is 14.5 Å². The van der Waals surface area contributed by atoms with E-state index in [1.54, 1.807) is 11.3 Å². The van der Waals surface area contributed by atoms with Gasteiger partial charge in [0.15, 0.2) is 0 Å². The number of fused-ring (bicyclic) bond motifs is 1. The molecule has 0 unspecified atom stereocenters. The predicted octanol–water partition coefficient (Wildman–Crippen LogP) is 9.46. The van der Waals surface area contributed by atoms with Crippen LogP contribution in [-0.2, 0) is 13.1 Å². The topological polar surface area (TPSA) is 42.7 Å². The average Bonchev–Trinajstić information content (AvgIpc) is 3.67. The maximum absolute atomic E-state index is 4.95. The predicted molar refractivity (Wildman–Crippen MR) is 176 cm³/mol. The highest BCUT2D eigenvalue weighted by atomic mass is 32.1. The number of benzene rings is 5. The molecule has 0 saturated heterocycles. The fraction of sp³-hybridized carbons (Fsp3) is 0.0811. The van der Waals surface area contributed by atoms with Gasteiger partial charge in [-0.3, -0.25) is 0 Å².